The van der Waals surface area contributed by atoms with Crippen molar-refractivity contribution < 1.29 is 18.3 Å². The molecule has 2 amide bonds. The second-order valence-corrected chi connectivity index (χ2v) is 7.15. The van der Waals surface area contributed by atoms with Gasteiger partial charge in [-0.15, -0.1) is 0 Å². The van der Waals surface area contributed by atoms with Crippen molar-refractivity contribution in [1.29, 1.82) is 0 Å². The predicted molar refractivity (Wildman–Crippen MR) is 90.5 cm³/mol. The fourth-order valence-electron chi connectivity index (χ4n) is 3.93. The van der Waals surface area contributed by atoms with E-state index in [4.69, 9.17) is 4.74 Å². The van der Waals surface area contributed by atoms with E-state index in [2.05, 4.69) is 4.90 Å². The fraction of sp³-hybridized carbons (Fsp3) is 0.611. The lowest BCUT2D eigenvalue weighted by molar-refractivity contribution is 0.120. The molecule has 0 aromatic heterocycles. The van der Waals surface area contributed by atoms with E-state index in [-0.39, 0.29) is 24.2 Å². The third kappa shape index (κ3) is 3.56. The van der Waals surface area contributed by atoms with Crippen LogP contribution in [0.25, 0.3) is 0 Å². The van der Waals surface area contributed by atoms with Crippen molar-refractivity contribution in [2.75, 3.05) is 40.8 Å². The van der Waals surface area contributed by atoms with Gasteiger partial charge in [-0.3, -0.25) is 4.90 Å². The summed E-state index contributed by atoms with van der Waals surface area (Å²) in [6, 6.07) is 2.71. The van der Waals surface area contributed by atoms with Gasteiger partial charge in [-0.1, -0.05) is 0 Å². The molecule has 138 valence electrons. The lowest BCUT2D eigenvalue weighted by Gasteiger charge is -2.36. The Morgan fingerprint density at radius 2 is 2.00 bits per heavy atom. The Balaban J connectivity index is 1.81. The normalized spacial score (nSPS) is 23.5. The van der Waals surface area contributed by atoms with Gasteiger partial charge in [-0.25, -0.2) is 13.6 Å². The van der Waals surface area contributed by atoms with Crippen LogP contribution in [-0.2, 0) is 6.54 Å². The number of methoxy groups -OCH3 is 1. The number of benzene rings is 1. The van der Waals surface area contributed by atoms with Crippen LogP contribution >= 0.6 is 0 Å². The Labute approximate surface area is 147 Å². The molecule has 0 saturated carbocycles. The largest absolute Gasteiger partial charge is 0.496 e. The predicted octanol–water partition coefficient (Wildman–Crippen LogP) is 2.55. The Bertz CT molecular complexity index is 653. The van der Waals surface area contributed by atoms with Crippen LogP contribution in [0, 0.1) is 17.6 Å². The monoisotopic (exact) mass is 353 g/mol. The molecule has 0 radical (unpaired) electrons. The van der Waals surface area contributed by atoms with Gasteiger partial charge in [0.1, 0.15) is 5.75 Å². The number of piperidine rings is 1. The SMILES string of the molecule is COc1ccc(F)c(F)c1CN1C[C@H]2CC[C@@H]1CN(C(=O)N(C)C)C2. The Morgan fingerprint density at radius 3 is 2.68 bits per heavy atom. The molecule has 3 aliphatic heterocycles. The van der Waals surface area contributed by atoms with E-state index in [0.29, 0.717) is 24.8 Å². The topological polar surface area (TPSA) is 36.0 Å². The lowest BCUT2D eigenvalue weighted by Crippen LogP contribution is -2.45. The quantitative estimate of drug-likeness (QED) is 0.838. The van der Waals surface area contributed by atoms with Gasteiger partial charge in [0.25, 0.3) is 0 Å². The van der Waals surface area contributed by atoms with Crippen LogP contribution in [0.15, 0.2) is 12.1 Å². The molecule has 1 aromatic rings. The van der Waals surface area contributed by atoms with Gasteiger partial charge >= 0.3 is 6.03 Å². The summed E-state index contributed by atoms with van der Waals surface area (Å²) in [5.74, 6) is -0.994. The van der Waals surface area contributed by atoms with Gasteiger partial charge < -0.3 is 14.5 Å². The van der Waals surface area contributed by atoms with E-state index >= 15 is 0 Å². The van der Waals surface area contributed by atoms with Crippen molar-refractivity contribution in [1.82, 2.24) is 14.7 Å². The number of hydrogen-bond donors (Lipinski definition) is 0. The molecule has 0 aliphatic carbocycles. The first-order chi connectivity index (χ1) is 11.9. The minimum atomic E-state index is -0.861. The van der Waals surface area contributed by atoms with Crippen LogP contribution in [0.4, 0.5) is 13.6 Å². The number of hydrogen-bond acceptors (Lipinski definition) is 3. The van der Waals surface area contributed by atoms with Crippen LogP contribution in [0.3, 0.4) is 0 Å². The zero-order valence-corrected chi connectivity index (χ0v) is 15.0. The zero-order chi connectivity index (χ0) is 18.1. The van der Waals surface area contributed by atoms with Gasteiger partial charge in [0.05, 0.1) is 7.11 Å². The number of urea groups is 1. The maximum Gasteiger partial charge on any atom is 0.319 e. The lowest BCUT2D eigenvalue weighted by atomic mass is 9.94. The average molecular weight is 353 g/mol. The van der Waals surface area contributed by atoms with Gasteiger partial charge in [0, 0.05) is 51.9 Å². The number of nitrogens with zero attached hydrogens (tertiary/aromatic N) is 3. The molecule has 4 rings (SSSR count). The number of carbonyl (C=O) groups is 1. The van der Waals surface area contributed by atoms with Gasteiger partial charge in [0.2, 0.25) is 0 Å². The van der Waals surface area contributed by atoms with Crippen molar-refractivity contribution in [3.05, 3.63) is 29.3 Å². The minimum absolute atomic E-state index is 0.00765. The molecule has 5 nitrogen and oxygen atoms in total. The van der Waals surface area contributed by atoms with E-state index in [1.54, 1.807) is 19.0 Å². The first kappa shape index (κ1) is 17.9. The summed E-state index contributed by atoms with van der Waals surface area (Å²) in [6.07, 6.45) is 2.02. The summed E-state index contributed by atoms with van der Waals surface area (Å²) in [4.78, 5) is 18.0. The molecule has 3 fully saturated rings. The molecule has 0 N–H and O–H groups in total. The highest BCUT2D eigenvalue weighted by atomic mass is 19.2. The number of rotatable bonds is 3. The highest BCUT2D eigenvalue weighted by Gasteiger charge is 2.37. The van der Waals surface area contributed by atoms with Crippen molar-refractivity contribution in [2.45, 2.75) is 25.4 Å². The molecule has 2 atom stereocenters. The summed E-state index contributed by atoms with van der Waals surface area (Å²) < 4.78 is 33.2. The molecule has 0 unspecified atom stereocenters. The smallest absolute Gasteiger partial charge is 0.319 e. The number of fused-ring (bicyclic) bond motifs is 4. The number of halogens is 2. The van der Waals surface area contributed by atoms with E-state index in [1.807, 2.05) is 4.90 Å². The van der Waals surface area contributed by atoms with Crippen LogP contribution < -0.4 is 4.74 Å². The first-order valence-corrected chi connectivity index (χ1v) is 8.61. The van der Waals surface area contributed by atoms with Crippen molar-refractivity contribution in [2.24, 2.45) is 5.92 Å². The van der Waals surface area contributed by atoms with Crippen LogP contribution in [0.5, 0.6) is 5.75 Å². The summed E-state index contributed by atoms with van der Waals surface area (Å²) in [5.41, 5.74) is 0.250. The Hall–Kier alpha value is -1.89. The highest BCUT2D eigenvalue weighted by Crippen LogP contribution is 2.32. The Morgan fingerprint density at radius 1 is 1.24 bits per heavy atom. The molecule has 25 heavy (non-hydrogen) atoms. The third-order valence-corrected chi connectivity index (χ3v) is 5.21. The maximum absolute atomic E-state index is 14.3. The molecule has 0 spiro atoms. The summed E-state index contributed by atoms with van der Waals surface area (Å²) in [6.45, 7) is 2.40. The van der Waals surface area contributed by atoms with Gasteiger partial charge in [0.15, 0.2) is 11.6 Å². The Kier molecular flexibility index (Phi) is 5.13. The minimum Gasteiger partial charge on any atom is -0.496 e. The van der Waals surface area contributed by atoms with Gasteiger partial charge in [-0.2, -0.15) is 0 Å². The first-order valence-electron chi connectivity index (χ1n) is 8.61. The molecule has 7 heteroatoms. The highest BCUT2D eigenvalue weighted by molar-refractivity contribution is 5.74. The average Bonchev–Trinajstić information content (AvgIpc) is 2.90. The molecule has 3 aliphatic rings. The zero-order valence-electron chi connectivity index (χ0n) is 15.0. The molecular weight excluding hydrogens is 328 g/mol. The van der Waals surface area contributed by atoms with E-state index in [0.717, 1.165) is 25.5 Å². The van der Waals surface area contributed by atoms with Crippen LogP contribution in [0.1, 0.15) is 18.4 Å². The molecule has 3 heterocycles. The van der Waals surface area contributed by atoms with E-state index in [1.165, 1.54) is 13.2 Å². The van der Waals surface area contributed by atoms with Crippen molar-refractivity contribution in [3.63, 3.8) is 0 Å². The molecular formula is C18H25F2N3O2. The maximum atomic E-state index is 14.3. The van der Waals surface area contributed by atoms with E-state index in [9.17, 15) is 13.6 Å². The molecule has 1 aromatic carbocycles. The molecule has 2 bridgehead atoms. The van der Waals surface area contributed by atoms with Crippen molar-refractivity contribution >= 4 is 6.03 Å². The standard InChI is InChI=1S/C18H25F2N3O2/c1-21(2)18(24)23-9-12-4-5-13(10-23)22(8-12)11-14-16(25-3)7-6-15(19)17(14)20/h6-7,12-13H,4-5,8-11H2,1-3H3/t12-,13-/m1/s1. The molecule has 3 saturated heterocycles. The number of carbonyl (C=O) groups excluding carboxylic acids is 1. The summed E-state index contributed by atoms with van der Waals surface area (Å²) >= 11 is 0. The van der Waals surface area contributed by atoms with E-state index < -0.39 is 11.6 Å². The second-order valence-electron chi connectivity index (χ2n) is 7.15. The summed E-state index contributed by atoms with van der Waals surface area (Å²) in [7, 11) is 4.96. The van der Waals surface area contributed by atoms with Gasteiger partial charge in [-0.05, 0) is 30.9 Å². The van der Waals surface area contributed by atoms with Crippen LogP contribution in [0.2, 0.25) is 0 Å². The van der Waals surface area contributed by atoms with Crippen LogP contribution in [-0.4, -0.2) is 67.6 Å². The second kappa shape index (κ2) is 7.15. The van der Waals surface area contributed by atoms with Crippen molar-refractivity contribution in [3.8, 4) is 5.75 Å². The third-order valence-electron chi connectivity index (χ3n) is 5.21. The number of ether oxygens (including phenoxy) is 1. The summed E-state index contributed by atoms with van der Waals surface area (Å²) in [5, 5.41) is 0. The number of amides is 2. The fourth-order valence-corrected chi connectivity index (χ4v) is 3.93.